The highest BCUT2D eigenvalue weighted by atomic mass is 16.5. The van der Waals surface area contributed by atoms with E-state index in [0.29, 0.717) is 10.8 Å². The molecule has 0 amide bonds. The molecule has 1 heteroatoms. The van der Waals surface area contributed by atoms with Crippen LogP contribution in [0.4, 0.5) is 0 Å². The van der Waals surface area contributed by atoms with Crippen LogP contribution in [0.15, 0.2) is 35.6 Å². The van der Waals surface area contributed by atoms with Gasteiger partial charge in [-0.1, -0.05) is 32.1 Å². The minimum atomic E-state index is 0.398. The highest BCUT2D eigenvalue weighted by molar-refractivity contribution is 5.36. The molecular formula is C20H28O. The Kier molecular flexibility index (Phi) is 2.93. The Hall–Kier alpha value is -0.980. The molecule has 0 aliphatic heterocycles. The summed E-state index contributed by atoms with van der Waals surface area (Å²) < 4.78 is 5.52. The summed E-state index contributed by atoms with van der Waals surface area (Å²) in [5, 5.41) is 0. The zero-order chi connectivity index (χ0) is 14.7. The zero-order valence-electron chi connectivity index (χ0n) is 13.7. The molecule has 4 rings (SSSR count). The summed E-state index contributed by atoms with van der Waals surface area (Å²) in [4.78, 5) is 0. The highest BCUT2D eigenvalue weighted by Crippen LogP contribution is 2.62. The van der Waals surface area contributed by atoms with E-state index in [1.54, 1.807) is 5.57 Å². The van der Waals surface area contributed by atoms with Crippen molar-refractivity contribution in [2.75, 3.05) is 7.11 Å². The summed E-state index contributed by atoms with van der Waals surface area (Å²) in [7, 11) is 1.82. The van der Waals surface area contributed by atoms with Crippen LogP contribution >= 0.6 is 0 Å². The van der Waals surface area contributed by atoms with Gasteiger partial charge >= 0.3 is 0 Å². The lowest BCUT2D eigenvalue weighted by Gasteiger charge is -2.56. The first-order valence-corrected chi connectivity index (χ1v) is 8.70. The van der Waals surface area contributed by atoms with E-state index in [-0.39, 0.29) is 0 Å². The van der Waals surface area contributed by atoms with Gasteiger partial charge in [0.1, 0.15) is 0 Å². The average Bonchev–Trinajstić information content (AvgIpc) is 2.88. The molecule has 0 aromatic carbocycles. The third-order valence-electron chi connectivity index (χ3n) is 7.32. The molecule has 3 unspecified atom stereocenters. The fourth-order valence-electron chi connectivity index (χ4n) is 5.94. The molecule has 1 saturated carbocycles. The lowest BCUT2D eigenvalue weighted by molar-refractivity contribution is -0.00768. The van der Waals surface area contributed by atoms with Gasteiger partial charge in [0.25, 0.3) is 0 Å². The third kappa shape index (κ3) is 1.82. The van der Waals surface area contributed by atoms with Gasteiger partial charge < -0.3 is 4.74 Å². The highest BCUT2D eigenvalue weighted by Gasteiger charge is 2.54. The van der Waals surface area contributed by atoms with Crippen molar-refractivity contribution in [1.82, 2.24) is 0 Å². The first kappa shape index (κ1) is 13.7. The Morgan fingerprint density at radius 2 is 2.00 bits per heavy atom. The number of methoxy groups -OCH3 is 1. The number of ether oxygens (including phenoxy) is 1. The van der Waals surface area contributed by atoms with Crippen LogP contribution in [0.3, 0.4) is 0 Å². The number of hydrogen-bond acceptors (Lipinski definition) is 1. The molecule has 0 heterocycles. The average molecular weight is 284 g/mol. The van der Waals surface area contributed by atoms with Crippen LogP contribution in [-0.2, 0) is 4.74 Å². The van der Waals surface area contributed by atoms with Crippen molar-refractivity contribution in [2.24, 2.45) is 28.6 Å². The summed E-state index contributed by atoms with van der Waals surface area (Å²) >= 11 is 0. The molecular weight excluding hydrogens is 256 g/mol. The largest absolute Gasteiger partial charge is 0.501 e. The first-order valence-electron chi connectivity index (χ1n) is 8.70. The molecule has 0 bridgehead atoms. The summed E-state index contributed by atoms with van der Waals surface area (Å²) in [5.74, 6) is 3.84. The van der Waals surface area contributed by atoms with E-state index < -0.39 is 0 Å². The van der Waals surface area contributed by atoms with Crippen molar-refractivity contribution < 1.29 is 4.74 Å². The van der Waals surface area contributed by atoms with E-state index in [9.17, 15) is 0 Å². The molecule has 0 spiro atoms. The van der Waals surface area contributed by atoms with Crippen molar-refractivity contribution >= 4 is 0 Å². The van der Waals surface area contributed by atoms with Crippen molar-refractivity contribution in [3.05, 3.63) is 35.6 Å². The van der Waals surface area contributed by atoms with Crippen molar-refractivity contribution in [3.63, 3.8) is 0 Å². The number of fused-ring (bicyclic) bond motifs is 5. The monoisotopic (exact) mass is 284 g/mol. The van der Waals surface area contributed by atoms with Gasteiger partial charge in [-0.15, -0.1) is 0 Å². The number of rotatable bonds is 1. The SMILES string of the molecule is COC1=CC2=CCC3C4CC=C[C@@]4(C)CCC3[C@@]2(C)CC1. The standard InChI is InChI=1S/C20H28O/c1-19-10-4-5-17(19)16-7-6-14-13-15(21-3)8-12-20(14,2)18(16)9-11-19/h4,6,10,13,16-18H,5,7-9,11-12H2,1-3H3/t16?,17?,18?,19-,20-/m0/s1. The van der Waals surface area contributed by atoms with E-state index >= 15 is 0 Å². The maximum atomic E-state index is 5.52. The number of hydrogen-bond donors (Lipinski definition) is 0. The second-order valence-corrected chi connectivity index (χ2v) is 8.19. The summed E-state index contributed by atoms with van der Waals surface area (Å²) in [5.41, 5.74) is 2.46. The molecule has 0 aromatic rings. The Morgan fingerprint density at radius 3 is 2.81 bits per heavy atom. The second kappa shape index (κ2) is 4.51. The van der Waals surface area contributed by atoms with Crippen LogP contribution in [0.25, 0.3) is 0 Å². The molecule has 0 aromatic heterocycles. The van der Waals surface area contributed by atoms with Gasteiger partial charge in [0.2, 0.25) is 0 Å². The maximum Gasteiger partial charge on any atom is 0.0958 e. The van der Waals surface area contributed by atoms with Gasteiger partial charge in [0.05, 0.1) is 12.9 Å². The van der Waals surface area contributed by atoms with Gasteiger partial charge in [0.15, 0.2) is 0 Å². The van der Waals surface area contributed by atoms with Crippen molar-refractivity contribution in [3.8, 4) is 0 Å². The van der Waals surface area contributed by atoms with E-state index in [0.717, 1.165) is 24.2 Å². The molecule has 0 radical (unpaired) electrons. The Labute approximate surface area is 129 Å². The van der Waals surface area contributed by atoms with Crippen LogP contribution in [0, 0.1) is 28.6 Å². The lowest BCUT2D eigenvalue weighted by atomic mass is 9.49. The van der Waals surface area contributed by atoms with Crippen LogP contribution in [0.2, 0.25) is 0 Å². The summed E-state index contributed by atoms with van der Waals surface area (Å²) in [6.07, 6.45) is 17.7. The zero-order valence-corrected chi connectivity index (χ0v) is 13.7. The molecule has 1 nitrogen and oxygen atoms in total. The third-order valence-corrected chi connectivity index (χ3v) is 7.32. The van der Waals surface area contributed by atoms with Gasteiger partial charge in [-0.3, -0.25) is 0 Å². The van der Waals surface area contributed by atoms with Crippen molar-refractivity contribution in [2.45, 2.75) is 52.4 Å². The smallest absolute Gasteiger partial charge is 0.0958 e. The fraction of sp³-hybridized carbons (Fsp3) is 0.700. The molecule has 4 aliphatic rings. The van der Waals surface area contributed by atoms with Gasteiger partial charge in [-0.2, -0.15) is 0 Å². The predicted molar refractivity (Wildman–Crippen MR) is 86.7 cm³/mol. The Bertz CT molecular complexity index is 540. The van der Waals surface area contributed by atoms with Gasteiger partial charge in [-0.05, 0) is 72.3 Å². The van der Waals surface area contributed by atoms with Crippen LogP contribution in [0.1, 0.15) is 52.4 Å². The molecule has 1 fully saturated rings. The quantitative estimate of drug-likeness (QED) is 0.597. The Morgan fingerprint density at radius 1 is 1.14 bits per heavy atom. The van der Waals surface area contributed by atoms with Crippen molar-refractivity contribution in [1.29, 1.82) is 0 Å². The maximum absolute atomic E-state index is 5.52. The first-order chi connectivity index (χ1) is 10.1. The van der Waals surface area contributed by atoms with Crippen LogP contribution < -0.4 is 0 Å². The second-order valence-electron chi connectivity index (χ2n) is 8.19. The topological polar surface area (TPSA) is 9.23 Å². The summed E-state index contributed by atoms with van der Waals surface area (Å²) in [6, 6.07) is 0. The molecule has 114 valence electrons. The predicted octanol–water partition coefficient (Wildman–Crippen LogP) is 5.26. The normalized spacial score (nSPS) is 47.9. The minimum Gasteiger partial charge on any atom is -0.501 e. The molecule has 0 N–H and O–H groups in total. The van der Waals surface area contributed by atoms with Crippen LogP contribution in [0.5, 0.6) is 0 Å². The molecule has 5 atom stereocenters. The van der Waals surface area contributed by atoms with E-state index in [2.05, 4.69) is 38.2 Å². The van der Waals surface area contributed by atoms with E-state index in [1.807, 2.05) is 7.11 Å². The van der Waals surface area contributed by atoms with Gasteiger partial charge in [0, 0.05) is 6.42 Å². The summed E-state index contributed by atoms with van der Waals surface area (Å²) in [6.45, 7) is 5.03. The lowest BCUT2D eigenvalue weighted by Crippen LogP contribution is -2.48. The number of allylic oxidation sites excluding steroid dienone is 6. The molecule has 4 aliphatic carbocycles. The van der Waals surface area contributed by atoms with E-state index in [1.165, 1.54) is 37.9 Å². The molecule has 0 saturated heterocycles. The van der Waals surface area contributed by atoms with Gasteiger partial charge in [-0.25, -0.2) is 0 Å². The fourth-order valence-corrected chi connectivity index (χ4v) is 5.94. The van der Waals surface area contributed by atoms with Crippen LogP contribution in [-0.4, -0.2) is 7.11 Å². The Balaban J connectivity index is 1.70. The minimum absolute atomic E-state index is 0.398. The molecule has 21 heavy (non-hydrogen) atoms. The van der Waals surface area contributed by atoms with E-state index in [4.69, 9.17) is 4.74 Å².